The van der Waals surface area contributed by atoms with Gasteiger partial charge in [0, 0.05) is 5.69 Å². The van der Waals surface area contributed by atoms with E-state index >= 15 is 0 Å². The van der Waals surface area contributed by atoms with Gasteiger partial charge in [-0.25, -0.2) is 5.43 Å². The van der Waals surface area contributed by atoms with Crippen molar-refractivity contribution in [3.63, 3.8) is 0 Å². The number of nitrogens with zero attached hydrogens (tertiary/aromatic N) is 1. The van der Waals surface area contributed by atoms with Crippen molar-refractivity contribution in [2.24, 2.45) is 5.10 Å². The second-order valence-corrected chi connectivity index (χ2v) is 5.37. The highest BCUT2D eigenvalue weighted by atomic mass is 19.4. The van der Waals surface area contributed by atoms with Crippen molar-refractivity contribution in [1.82, 2.24) is 5.43 Å². The van der Waals surface area contributed by atoms with Gasteiger partial charge in [0.1, 0.15) is 5.75 Å². The third kappa shape index (κ3) is 6.46. The number of hydrogen-bond donors (Lipinski definition) is 2. The molecule has 142 valence electrons. The summed E-state index contributed by atoms with van der Waals surface area (Å²) in [4.78, 5) is 22.7. The number of carbonyl (C=O) groups excluding carboxylic acids is 2. The molecule has 0 fully saturated rings. The van der Waals surface area contributed by atoms with Crippen LogP contribution >= 0.6 is 0 Å². The number of para-hydroxylation sites is 1. The zero-order valence-corrected chi connectivity index (χ0v) is 14.2. The summed E-state index contributed by atoms with van der Waals surface area (Å²) in [5.41, 5.74) is 3.02. The minimum Gasteiger partial charge on any atom is -0.484 e. The minimum atomic E-state index is -4.98. The van der Waals surface area contributed by atoms with Crippen LogP contribution in [0, 0.1) is 0 Å². The molecule has 2 rings (SSSR count). The molecule has 2 amide bonds. The van der Waals surface area contributed by atoms with Crippen LogP contribution in [-0.4, -0.2) is 30.3 Å². The number of carbonyl (C=O) groups is 2. The molecule has 0 aliphatic heterocycles. The first kappa shape index (κ1) is 20.0. The fourth-order valence-corrected chi connectivity index (χ4v) is 1.93. The van der Waals surface area contributed by atoms with Crippen LogP contribution in [0.1, 0.15) is 12.5 Å². The summed E-state index contributed by atoms with van der Waals surface area (Å²) in [6.07, 6.45) is -4.98. The Bertz CT molecular complexity index is 836. The third-order valence-electron chi connectivity index (χ3n) is 3.26. The Labute approximate surface area is 153 Å². The van der Waals surface area contributed by atoms with Crippen molar-refractivity contribution in [1.29, 1.82) is 0 Å². The van der Waals surface area contributed by atoms with Crippen molar-refractivity contribution >= 4 is 23.2 Å². The number of anilines is 1. The molecular formula is C18H16F3N3O3. The van der Waals surface area contributed by atoms with Gasteiger partial charge in [0.2, 0.25) is 0 Å². The normalized spacial score (nSPS) is 11.6. The Balaban J connectivity index is 1.94. The summed E-state index contributed by atoms with van der Waals surface area (Å²) in [6, 6.07) is 14.4. The molecule has 0 unspecified atom stereocenters. The lowest BCUT2D eigenvalue weighted by Crippen LogP contribution is -2.30. The van der Waals surface area contributed by atoms with Crippen molar-refractivity contribution in [2.75, 3.05) is 11.9 Å². The molecule has 0 bridgehead atoms. The Morgan fingerprint density at radius 2 is 1.78 bits per heavy atom. The predicted molar refractivity (Wildman–Crippen MR) is 93.4 cm³/mol. The van der Waals surface area contributed by atoms with Crippen LogP contribution in [0.15, 0.2) is 59.7 Å². The average Bonchev–Trinajstić information content (AvgIpc) is 2.64. The van der Waals surface area contributed by atoms with Gasteiger partial charge in [-0.1, -0.05) is 30.3 Å². The van der Waals surface area contributed by atoms with Crippen LogP contribution in [0.25, 0.3) is 0 Å². The fraction of sp³-hybridized carbons (Fsp3) is 0.167. The van der Waals surface area contributed by atoms with Crippen LogP contribution in [-0.2, 0) is 9.59 Å². The van der Waals surface area contributed by atoms with Crippen LogP contribution in [0.5, 0.6) is 5.75 Å². The standard InChI is InChI=1S/C18H16F3N3O3/c1-12(23-24-16(25)11-27-15-8-3-2-4-9-15)13-6-5-7-14(10-13)22-17(26)18(19,20)21/h2-10H,11H2,1H3,(H,22,26)(H,24,25)/b23-12-. The molecule has 0 aliphatic carbocycles. The van der Waals surface area contributed by atoms with Crippen LogP contribution in [0.3, 0.4) is 0 Å². The van der Waals surface area contributed by atoms with E-state index in [0.717, 1.165) is 0 Å². The second-order valence-electron chi connectivity index (χ2n) is 5.37. The number of hydrazone groups is 1. The molecule has 0 saturated carbocycles. The van der Waals surface area contributed by atoms with E-state index in [1.165, 1.54) is 18.2 Å². The van der Waals surface area contributed by atoms with Crippen molar-refractivity contribution < 1.29 is 27.5 Å². The first-order chi connectivity index (χ1) is 12.8. The molecule has 0 saturated heterocycles. The van der Waals surface area contributed by atoms with Gasteiger partial charge in [-0.2, -0.15) is 18.3 Å². The van der Waals surface area contributed by atoms with Crippen molar-refractivity contribution in [3.8, 4) is 5.75 Å². The molecule has 2 aromatic rings. The lowest BCUT2D eigenvalue weighted by atomic mass is 10.1. The van der Waals surface area contributed by atoms with Gasteiger partial charge in [0.15, 0.2) is 6.61 Å². The largest absolute Gasteiger partial charge is 0.484 e. The molecule has 0 aliphatic rings. The molecule has 0 heterocycles. The summed E-state index contributed by atoms with van der Waals surface area (Å²) >= 11 is 0. The van der Waals surface area contributed by atoms with Gasteiger partial charge < -0.3 is 10.1 Å². The smallest absolute Gasteiger partial charge is 0.471 e. The molecule has 6 nitrogen and oxygen atoms in total. The number of hydrogen-bond acceptors (Lipinski definition) is 4. The Morgan fingerprint density at radius 3 is 2.44 bits per heavy atom. The van der Waals surface area contributed by atoms with E-state index in [2.05, 4.69) is 10.5 Å². The molecule has 2 aromatic carbocycles. The van der Waals surface area contributed by atoms with E-state index in [1.54, 1.807) is 42.6 Å². The number of amides is 2. The fourth-order valence-electron chi connectivity index (χ4n) is 1.93. The molecule has 27 heavy (non-hydrogen) atoms. The lowest BCUT2D eigenvalue weighted by Gasteiger charge is -2.09. The van der Waals surface area contributed by atoms with Gasteiger partial charge in [-0.15, -0.1) is 0 Å². The zero-order valence-electron chi connectivity index (χ0n) is 14.2. The number of halogens is 3. The maximum Gasteiger partial charge on any atom is 0.471 e. The van der Waals surface area contributed by atoms with E-state index in [1.807, 2.05) is 6.07 Å². The van der Waals surface area contributed by atoms with Crippen LogP contribution < -0.4 is 15.5 Å². The first-order valence-electron chi connectivity index (χ1n) is 7.75. The Kier molecular flexibility index (Phi) is 6.53. The summed E-state index contributed by atoms with van der Waals surface area (Å²) < 4.78 is 42.2. The molecular weight excluding hydrogens is 363 g/mol. The van der Waals surface area contributed by atoms with Crippen molar-refractivity contribution in [2.45, 2.75) is 13.1 Å². The average molecular weight is 379 g/mol. The molecule has 0 aromatic heterocycles. The number of ether oxygens (including phenoxy) is 1. The summed E-state index contributed by atoms with van der Waals surface area (Å²) in [5.74, 6) is -2.04. The molecule has 0 radical (unpaired) electrons. The Hall–Kier alpha value is -3.36. The van der Waals surface area contributed by atoms with E-state index < -0.39 is 18.0 Å². The van der Waals surface area contributed by atoms with Crippen LogP contribution in [0.4, 0.5) is 18.9 Å². The van der Waals surface area contributed by atoms with E-state index in [0.29, 0.717) is 17.0 Å². The minimum absolute atomic E-state index is 0.0388. The molecule has 9 heteroatoms. The first-order valence-corrected chi connectivity index (χ1v) is 7.75. The summed E-state index contributed by atoms with van der Waals surface area (Å²) in [6.45, 7) is 1.31. The van der Waals surface area contributed by atoms with Gasteiger partial charge in [0.05, 0.1) is 5.71 Å². The summed E-state index contributed by atoms with van der Waals surface area (Å²) in [5, 5.41) is 5.63. The predicted octanol–water partition coefficient (Wildman–Crippen LogP) is 3.11. The summed E-state index contributed by atoms with van der Waals surface area (Å²) in [7, 11) is 0. The van der Waals surface area contributed by atoms with E-state index in [4.69, 9.17) is 4.74 Å². The highest BCUT2D eigenvalue weighted by molar-refractivity contribution is 6.01. The van der Waals surface area contributed by atoms with Gasteiger partial charge in [-0.05, 0) is 36.8 Å². The maximum atomic E-state index is 12.3. The van der Waals surface area contributed by atoms with Crippen molar-refractivity contribution in [3.05, 3.63) is 60.2 Å². The highest BCUT2D eigenvalue weighted by Gasteiger charge is 2.38. The topological polar surface area (TPSA) is 79.8 Å². The van der Waals surface area contributed by atoms with Gasteiger partial charge in [-0.3, -0.25) is 9.59 Å². The van der Waals surface area contributed by atoms with E-state index in [-0.39, 0.29) is 12.3 Å². The van der Waals surface area contributed by atoms with E-state index in [9.17, 15) is 22.8 Å². The Morgan fingerprint density at radius 1 is 1.07 bits per heavy atom. The van der Waals surface area contributed by atoms with Gasteiger partial charge in [0.25, 0.3) is 5.91 Å². The molecule has 2 N–H and O–H groups in total. The number of alkyl halides is 3. The molecule has 0 spiro atoms. The van der Waals surface area contributed by atoms with Crippen LogP contribution in [0.2, 0.25) is 0 Å². The number of rotatable bonds is 6. The third-order valence-corrected chi connectivity index (χ3v) is 3.26. The number of nitrogens with one attached hydrogen (secondary N) is 2. The SMILES string of the molecule is C/C(=N/NC(=O)COc1ccccc1)c1cccc(NC(=O)C(F)(F)F)c1. The number of benzene rings is 2. The zero-order chi connectivity index (χ0) is 19.9. The monoisotopic (exact) mass is 379 g/mol. The molecule has 0 atom stereocenters. The quantitative estimate of drug-likeness (QED) is 0.598. The highest BCUT2D eigenvalue weighted by Crippen LogP contribution is 2.19. The second kappa shape index (κ2) is 8.84. The maximum absolute atomic E-state index is 12.3. The van der Waals surface area contributed by atoms with Gasteiger partial charge >= 0.3 is 12.1 Å². The lowest BCUT2D eigenvalue weighted by molar-refractivity contribution is -0.167.